The lowest BCUT2D eigenvalue weighted by molar-refractivity contribution is 0.102. The lowest BCUT2D eigenvalue weighted by atomic mass is 10.2. The van der Waals surface area contributed by atoms with Crippen LogP contribution in [0.25, 0.3) is 0 Å². The number of benzene rings is 2. The van der Waals surface area contributed by atoms with E-state index in [0.29, 0.717) is 24.3 Å². The van der Waals surface area contributed by atoms with E-state index in [1.54, 1.807) is 6.07 Å². The molecule has 9 heteroatoms. The largest absolute Gasteiger partial charge is 0.322 e. The fourth-order valence-electron chi connectivity index (χ4n) is 2.80. The van der Waals surface area contributed by atoms with Crippen molar-refractivity contribution in [2.24, 2.45) is 0 Å². The number of carbonyl (C=O) groups excluding carboxylic acids is 1. The van der Waals surface area contributed by atoms with E-state index < -0.39 is 15.9 Å². The van der Waals surface area contributed by atoms with Crippen LogP contribution in [0.1, 0.15) is 28.8 Å². The van der Waals surface area contributed by atoms with E-state index in [-0.39, 0.29) is 20.5 Å². The number of amides is 1. The number of halogens is 2. The molecule has 1 aliphatic rings. The lowest BCUT2D eigenvalue weighted by Gasteiger charge is -2.17. The Morgan fingerprint density at radius 2 is 1.78 bits per heavy atom. The van der Waals surface area contributed by atoms with Crippen molar-refractivity contribution in [1.29, 1.82) is 5.26 Å². The van der Waals surface area contributed by atoms with Gasteiger partial charge in [0, 0.05) is 24.3 Å². The van der Waals surface area contributed by atoms with Crippen LogP contribution in [0.3, 0.4) is 0 Å². The summed E-state index contributed by atoms with van der Waals surface area (Å²) in [5.74, 6) is -0.509. The molecule has 0 unspecified atom stereocenters. The zero-order chi connectivity index (χ0) is 19.6. The molecule has 2 aromatic rings. The van der Waals surface area contributed by atoms with Crippen LogP contribution in [-0.4, -0.2) is 31.7 Å². The highest BCUT2D eigenvalue weighted by atomic mass is 35.5. The van der Waals surface area contributed by atoms with Crippen LogP contribution in [0.15, 0.2) is 41.3 Å². The highest BCUT2D eigenvalue weighted by molar-refractivity contribution is 7.89. The van der Waals surface area contributed by atoms with Gasteiger partial charge in [-0.2, -0.15) is 9.57 Å². The molecule has 3 rings (SSSR count). The number of carbonyl (C=O) groups is 1. The minimum absolute atomic E-state index is 0.0693. The van der Waals surface area contributed by atoms with Gasteiger partial charge >= 0.3 is 0 Å². The van der Waals surface area contributed by atoms with Crippen LogP contribution in [0.5, 0.6) is 0 Å². The second kappa shape index (κ2) is 7.87. The summed E-state index contributed by atoms with van der Waals surface area (Å²) in [6.45, 7) is 0.887. The SMILES string of the molecule is N#Cc1ccc(NC(=O)c2ccc(Cl)c(S(=O)(=O)N3CCCC3)c2)cc1Cl. The molecular weight excluding hydrogens is 409 g/mol. The van der Waals surface area contributed by atoms with Crippen molar-refractivity contribution >= 4 is 44.8 Å². The summed E-state index contributed by atoms with van der Waals surface area (Å²) in [5, 5.41) is 11.8. The molecule has 0 spiro atoms. The molecule has 1 saturated heterocycles. The molecular formula is C18H15Cl2N3O3S. The van der Waals surface area contributed by atoms with Gasteiger partial charge < -0.3 is 5.32 Å². The minimum Gasteiger partial charge on any atom is -0.322 e. The summed E-state index contributed by atoms with van der Waals surface area (Å²) in [6, 6.07) is 10.5. The van der Waals surface area contributed by atoms with E-state index in [2.05, 4.69) is 5.32 Å². The van der Waals surface area contributed by atoms with Gasteiger partial charge in [-0.25, -0.2) is 8.42 Å². The number of hydrogen-bond donors (Lipinski definition) is 1. The Morgan fingerprint density at radius 3 is 2.41 bits per heavy atom. The van der Waals surface area contributed by atoms with Crippen molar-refractivity contribution in [1.82, 2.24) is 4.31 Å². The van der Waals surface area contributed by atoms with Crippen molar-refractivity contribution in [3.05, 3.63) is 57.6 Å². The topological polar surface area (TPSA) is 90.3 Å². The molecule has 0 aliphatic carbocycles. The first kappa shape index (κ1) is 19.6. The molecule has 1 amide bonds. The first-order valence-corrected chi connectivity index (χ1v) is 10.3. The summed E-state index contributed by atoms with van der Waals surface area (Å²) in [7, 11) is -3.75. The Balaban J connectivity index is 1.88. The summed E-state index contributed by atoms with van der Waals surface area (Å²) in [6.07, 6.45) is 1.60. The highest BCUT2D eigenvalue weighted by Crippen LogP contribution is 2.28. The molecule has 0 radical (unpaired) electrons. The van der Waals surface area contributed by atoms with E-state index >= 15 is 0 Å². The van der Waals surface area contributed by atoms with Crippen molar-refractivity contribution in [3.63, 3.8) is 0 Å². The smallest absolute Gasteiger partial charge is 0.255 e. The van der Waals surface area contributed by atoms with Crippen molar-refractivity contribution < 1.29 is 13.2 Å². The second-order valence-corrected chi connectivity index (χ2v) is 8.74. The van der Waals surface area contributed by atoms with Gasteiger partial charge in [0.05, 0.1) is 15.6 Å². The summed E-state index contributed by atoms with van der Waals surface area (Å²) < 4.78 is 26.9. The molecule has 0 aromatic heterocycles. The van der Waals surface area contributed by atoms with Crippen LogP contribution in [0, 0.1) is 11.3 Å². The molecule has 0 bridgehead atoms. The third-order valence-electron chi connectivity index (χ3n) is 4.22. The third kappa shape index (κ3) is 4.09. The average molecular weight is 424 g/mol. The van der Waals surface area contributed by atoms with E-state index in [1.165, 1.54) is 34.6 Å². The van der Waals surface area contributed by atoms with E-state index in [9.17, 15) is 13.2 Å². The van der Waals surface area contributed by atoms with Gasteiger partial charge in [-0.3, -0.25) is 4.79 Å². The fraction of sp³-hybridized carbons (Fsp3) is 0.222. The predicted molar refractivity (Wildman–Crippen MR) is 104 cm³/mol. The zero-order valence-electron chi connectivity index (χ0n) is 14.1. The Morgan fingerprint density at radius 1 is 1.07 bits per heavy atom. The summed E-state index contributed by atoms with van der Waals surface area (Å²) in [5.41, 5.74) is 0.834. The molecule has 140 valence electrons. The van der Waals surface area contributed by atoms with E-state index in [1.807, 2.05) is 6.07 Å². The first-order valence-electron chi connectivity index (χ1n) is 8.13. The molecule has 0 saturated carbocycles. The number of hydrogen-bond acceptors (Lipinski definition) is 4. The van der Waals surface area contributed by atoms with Gasteiger partial charge in [0.1, 0.15) is 11.0 Å². The van der Waals surface area contributed by atoms with Crippen LogP contribution in [0.2, 0.25) is 10.0 Å². The Labute approximate surface area is 167 Å². The van der Waals surface area contributed by atoms with E-state index in [0.717, 1.165) is 12.8 Å². The maximum absolute atomic E-state index is 12.8. The van der Waals surface area contributed by atoms with Gasteiger partial charge in [-0.05, 0) is 49.2 Å². The first-order chi connectivity index (χ1) is 12.8. The third-order valence-corrected chi connectivity index (χ3v) is 6.92. The van der Waals surface area contributed by atoms with Crippen LogP contribution in [0.4, 0.5) is 5.69 Å². The molecule has 1 fully saturated rings. The molecule has 27 heavy (non-hydrogen) atoms. The summed E-state index contributed by atoms with van der Waals surface area (Å²) in [4.78, 5) is 12.4. The number of nitrogens with zero attached hydrogens (tertiary/aromatic N) is 2. The van der Waals surface area contributed by atoms with Gasteiger partial charge in [0.2, 0.25) is 10.0 Å². The molecule has 1 aliphatic heterocycles. The Bertz CT molecular complexity index is 1040. The Hall–Kier alpha value is -2.11. The highest BCUT2D eigenvalue weighted by Gasteiger charge is 2.29. The molecule has 1 N–H and O–H groups in total. The number of sulfonamides is 1. The Kier molecular flexibility index (Phi) is 5.72. The van der Waals surface area contributed by atoms with Crippen molar-refractivity contribution in [3.8, 4) is 6.07 Å². The predicted octanol–water partition coefficient (Wildman–Crippen LogP) is 3.90. The van der Waals surface area contributed by atoms with Gasteiger partial charge in [0.15, 0.2) is 0 Å². The molecule has 0 atom stereocenters. The number of nitriles is 1. The summed E-state index contributed by atoms with van der Waals surface area (Å²) >= 11 is 12.1. The van der Waals surface area contributed by atoms with Gasteiger partial charge in [-0.15, -0.1) is 0 Å². The lowest BCUT2D eigenvalue weighted by Crippen LogP contribution is -2.28. The maximum atomic E-state index is 12.8. The quantitative estimate of drug-likeness (QED) is 0.806. The standard InChI is InChI=1S/C18H15Cl2N3O3S/c19-15-6-4-12(9-17(15)27(25,26)23-7-1-2-8-23)18(24)22-14-5-3-13(11-21)16(20)10-14/h3-6,9-10H,1-2,7-8H2,(H,22,24). The monoisotopic (exact) mass is 423 g/mol. The number of anilines is 1. The number of rotatable bonds is 4. The van der Waals surface area contributed by atoms with E-state index in [4.69, 9.17) is 28.5 Å². The number of nitrogens with one attached hydrogen (secondary N) is 1. The van der Waals surface area contributed by atoms with Crippen LogP contribution in [-0.2, 0) is 10.0 Å². The van der Waals surface area contributed by atoms with Crippen molar-refractivity contribution in [2.45, 2.75) is 17.7 Å². The molecule has 1 heterocycles. The fourth-order valence-corrected chi connectivity index (χ4v) is 5.04. The zero-order valence-corrected chi connectivity index (χ0v) is 16.4. The molecule has 2 aromatic carbocycles. The minimum atomic E-state index is -3.75. The second-order valence-electron chi connectivity index (χ2n) is 6.02. The van der Waals surface area contributed by atoms with Crippen molar-refractivity contribution in [2.75, 3.05) is 18.4 Å². The maximum Gasteiger partial charge on any atom is 0.255 e. The average Bonchev–Trinajstić information content (AvgIpc) is 3.17. The normalized spacial score (nSPS) is 14.7. The van der Waals surface area contributed by atoms with Gasteiger partial charge in [0.25, 0.3) is 5.91 Å². The van der Waals surface area contributed by atoms with Crippen LogP contribution < -0.4 is 5.32 Å². The van der Waals surface area contributed by atoms with Gasteiger partial charge in [-0.1, -0.05) is 23.2 Å². The molecule has 6 nitrogen and oxygen atoms in total. The van der Waals surface area contributed by atoms with Crippen LogP contribution >= 0.6 is 23.2 Å².